The van der Waals surface area contributed by atoms with E-state index < -0.39 is 9.73 Å². The molecule has 0 bridgehead atoms. The Morgan fingerprint density at radius 2 is 2.22 bits per heavy atom. The number of aromatic nitrogens is 2. The summed E-state index contributed by atoms with van der Waals surface area (Å²) in [6, 6.07) is 4.25. The van der Waals surface area contributed by atoms with E-state index in [-0.39, 0.29) is 34.7 Å². The first-order valence-corrected chi connectivity index (χ1v) is 10.5. The van der Waals surface area contributed by atoms with E-state index in [1.165, 1.54) is 18.4 Å². The Balaban J connectivity index is 1.49. The third kappa shape index (κ3) is 3.39. The minimum Gasteiger partial charge on any atom is -0.362 e. The van der Waals surface area contributed by atoms with Crippen molar-refractivity contribution in [1.82, 2.24) is 15.8 Å². The number of nitrogens with zero attached hydrogens (tertiary/aromatic N) is 3. The molecule has 0 spiro atoms. The van der Waals surface area contributed by atoms with Gasteiger partial charge >= 0.3 is 0 Å². The smallest absolute Gasteiger partial charge is 0.202 e. The topological polar surface area (TPSA) is 136 Å². The van der Waals surface area contributed by atoms with Crippen LogP contribution in [0.25, 0.3) is 0 Å². The van der Waals surface area contributed by atoms with E-state index in [9.17, 15) is 13.8 Å². The maximum absolute atomic E-state index is 13.4. The van der Waals surface area contributed by atoms with Crippen molar-refractivity contribution in [2.75, 3.05) is 11.6 Å². The van der Waals surface area contributed by atoms with Crippen LogP contribution >= 0.6 is 0 Å². The number of amidine groups is 1. The third-order valence-corrected chi connectivity index (χ3v) is 6.71. The summed E-state index contributed by atoms with van der Waals surface area (Å²) in [4.78, 5) is 4.40. The summed E-state index contributed by atoms with van der Waals surface area (Å²) in [5, 5.41) is 20.0. The lowest BCUT2D eigenvalue weighted by molar-refractivity contribution is 0.232. The summed E-state index contributed by atoms with van der Waals surface area (Å²) in [7, 11) is -2.56. The summed E-state index contributed by atoms with van der Waals surface area (Å²) in [6.07, 6.45) is 3.24. The molecule has 9 nitrogen and oxygen atoms in total. The van der Waals surface area contributed by atoms with Crippen LogP contribution in [-0.4, -0.2) is 43.1 Å². The van der Waals surface area contributed by atoms with Gasteiger partial charge in [0.15, 0.2) is 11.5 Å². The Hall–Kier alpha value is -2.53. The van der Waals surface area contributed by atoms with Gasteiger partial charge in [-0.2, -0.15) is 0 Å². The SMILES string of the molecule is CS(=N)(=O)C1CC(Nc2nonc2C(=N[C@@H]2Cc3ccc(F)cc32)NO)C1. The van der Waals surface area contributed by atoms with Crippen molar-refractivity contribution in [3.63, 3.8) is 0 Å². The maximum Gasteiger partial charge on any atom is 0.202 e. The summed E-state index contributed by atoms with van der Waals surface area (Å²) in [5.41, 5.74) is 3.99. The highest BCUT2D eigenvalue weighted by atomic mass is 32.2. The van der Waals surface area contributed by atoms with Gasteiger partial charge in [0.2, 0.25) is 5.82 Å². The number of nitrogens with one attached hydrogen (secondary N) is 3. The first-order chi connectivity index (χ1) is 12.8. The number of hydrogen-bond donors (Lipinski definition) is 4. The van der Waals surface area contributed by atoms with Crippen molar-refractivity contribution in [2.24, 2.45) is 4.99 Å². The standard InChI is InChI=1S/C16H19FN6O3S/c1-27(18,25)11-6-10(7-11)19-16-14(22-26-23-16)15(21-24)20-13-4-8-2-3-9(17)5-12(8)13/h2-3,5,10-11,13,18,24H,4,6-7H2,1H3,(H,19,23)(H,20,21)/t10?,11?,13-,27?/m1/s1. The van der Waals surface area contributed by atoms with Gasteiger partial charge in [0.25, 0.3) is 0 Å². The van der Waals surface area contributed by atoms with Crippen molar-refractivity contribution in [3.8, 4) is 0 Å². The minimum atomic E-state index is -2.56. The molecule has 144 valence electrons. The van der Waals surface area contributed by atoms with Crippen LogP contribution in [0.4, 0.5) is 10.2 Å². The van der Waals surface area contributed by atoms with Gasteiger partial charge in [-0.05, 0) is 52.8 Å². The molecule has 2 aromatic rings. The van der Waals surface area contributed by atoms with Crippen LogP contribution in [0.15, 0.2) is 27.8 Å². The van der Waals surface area contributed by atoms with Crippen molar-refractivity contribution in [2.45, 2.75) is 36.6 Å². The number of anilines is 1. The van der Waals surface area contributed by atoms with E-state index in [1.54, 1.807) is 6.07 Å². The summed E-state index contributed by atoms with van der Waals surface area (Å²) in [6.45, 7) is 0. The normalized spacial score (nSPS) is 26.3. The van der Waals surface area contributed by atoms with Gasteiger partial charge in [-0.15, -0.1) is 0 Å². The van der Waals surface area contributed by atoms with Crippen LogP contribution in [0, 0.1) is 10.6 Å². The van der Waals surface area contributed by atoms with Gasteiger partial charge in [-0.3, -0.25) is 20.5 Å². The fraction of sp³-hybridized carbons (Fsp3) is 0.438. The van der Waals surface area contributed by atoms with Crippen molar-refractivity contribution in [3.05, 3.63) is 40.8 Å². The Labute approximate surface area is 155 Å². The van der Waals surface area contributed by atoms with E-state index in [0.717, 1.165) is 11.1 Å². The molecule has 2 aliphatic carbocycles. The molecule has 1 unspecified atom stereocenters. The molecule has 1 fully saturated rings. The number of hydroxylamine groups is 1. The average molecular weight is 394 g/mol. The molecule has 1 saturated carbocycles. The van der Waals surface area contributed by atoms with E-state index in [2.05, 4.69) is 20.6 Å². The zero-order valence-electron chi connectivity index (χ0n) is 14.5. The van der Waals surface area contributed by atoms with Crippen molar-refractivity contribution in [1.29, 1.82) is 4.78 Å². The van der Waals surface area contributed by atoms with Gasteiger partial charge in [0, 0.05) is 27.3 Å². The molecular formula is C16H19FN6O3S. The van der Waals surface area contributed by atoms with Gasteiger partial charge in [-0.1, -0.05) is 6.07 Å². The van der Waals surface area contributed by atoms with E-state index in [1.807, 2.05) is 5.48 Å². The van der Waals surface area contributed by atoms with Gasteiger partial charge in [0.05, 0.1) is 6.04 Å². The quantitative estimate of drug-likeness (QED) is 0.345. The molecule has 27 heavy (non-hydrogen) atoms. The van der Waals surface area contributed by atoms with Crippen LogP contribution < -0.4 is 10.8 Å². The maximum atomic E-state index is 13.4. The number of aliphatic imine (C=N–C) groups is 1. The molecule has 2 aliphatic rings. The molecule has 1 aromatic heterocycles. The number of benzene rings is 1. The second-order valence-electron chi connectivity index (χ2n) is 6.95. The van der Waals surface area contributed by atoms with E-state index in [0.29, 0.717) is 25.1 Å². The van der Waals surface area contributed by atoms with Gasteiger partial charge in [-0.25, -0.2) is 13.2 Å². The number of rotatable bonds is 5. The second kappa shape index (κ2) is 6.57. The average Bonchev–Trinajstić information content (AvgIpc) is 3.00. The molecule has 2 atom stereocenters. The molecule has 11 heteroatoms. The highest BCUT2D eigenvalue weighted by Gasteiger charge is 2.36. The van der Waals surface area contributed by atoms with Crippen molar-refractivity contribution >= 4 is 21.4 Å². The summed E-state index contributed by atoms with van der Waals surface area (Å²) >= 11 is 0. The van der Waals surface area contributed by atoms with Crippen LogP contribution in [0.1, 0.15) is 35.7 Å². The number of halogens is 1. The van der Waals surface area contributed by atoms with Crippen LogP contribution in [0.3, 0.4) is 0 Å². The molecule has 4 N–H and O–H groups in total. The molecule has 0 aliphatic heterocycles. The predicted molar refractivity (Wildman–Crippen MR) is 95.8 cm³/mol. The summed E-state index contributed by atoms with van der Waals surface area (Å²) in [5.74, 6) is 0.0264. The Bertz CT molecular complexity index is 999. The molecular weight excluding hydrogens is 375 g/mol. The van der Waals surface area contributed by atoms with Gasteiger partial charge in [0.1, 0.15) is 5.82 Å². The number of fused-ring (bicyclic) bond motifs is 1. The van der Waals surface area contributed by atoms with Crippen LogP contribution in [0.2, 0.25) is 0 Å². The van der Waals surface area contributed by atoms with E-state index in [4.69, 9.17) is 9.41 Å². The minimum absolute atomic E-state index is 0.00903. The fourth-order valence-corrected chi connectivity index (χ4v) is 4.54. The lowest BCUT2D eigenvalue weighted by Gasteiger charge is -2.35. The molecule has 1 heterocycles. The fourth-order valence-electron chi connectivity index (χ4n) is 3.35. The van der Waals surface area contributed by atoms with Crippen LogP contribution in [-0.2, 0) is 16.1 Å². The molecule has 1 aromatic carbocycles. The highest BCUT2D eigenvalue weighted by molar-refractivity contribution is 7.92. The van der Waals surface area contributed by atoms with Crippen molar-refractivity contribution < 1.29 is 18.4 Å². The molecule has 4 rings (SSSR count). The molecule has 0 amide bonds. The Morgan fingerprint density at radius 1 is 1.44 bits per heavy atom. The molecule has 0 radical (unpaired) electrons. The highest BCUT2D eigenvalue weighted by Crippen LogP contribution is 2.37. The van der Waals surface area contributed by atoms with Gasteiger partial charge < -0.3 is 5.32 Å². The van der Waals surface area contributed by atoms with E-state index >= 15 is 0 Å². The number of hydrogen-bond acceptors (Lipinski definition) is 8. The lowest BCUT2D eigenvalue weighted by Crippen LogP contribution is -2.43. The third-order valence-electron chi connectivity index (χ3n) is 5.06. The largest absolute Gasteiger partial charge is 0.362 e. The van der Waals surface area contributed by atoms with Crippen LogP contribution in [0.5, 0.6) is 0 Å². The molecule has 0 saturated heterocycles. The predicted octanol–water partition coefficient (Wildman–Crippen LogP) is 1.85. The monoisotopic (exact) mass is 394 g/mol. The Kier molecular flexibility index (Phi) is 4.35. The Morgan fingerprint density at radius 3 is 2.93 bits per heavy atom. The zero-order chi connectivity index (χ0) is 19.2. The first-order valence-electron chi connectivity index (χ1n) is 8.43. The zero-order valence-corrected chi connectivity index (χ0v) is 15.3. The second-order valence-corrected chi connectivity index (χ2v) is 9.43. The first kappa shape index (κ1) is 17.9. The lowest BCUT2D eigenvalue weighted by atomic mass is 9.83. The summed E-state index contributed by atoms with van der Waals surface area (Å²) < 4.78 is 37.5.